The lowest BCUT2D eigenvalue weighted by molar-refractivity contribution is -0.119. The average Bonchev–Trinajstić information content (AvgIpc) is 3.03. The van der Waals surface area contributed by atoms with Crippen molar-refractivity contribution in [2.45, 2.75) is 6.42 Å². The van der Waals surface area contributed by atoms with Gasteiger partial charge in [-0.1, -0.05) is 30.3 Å². The molecule has 1 aromatic carbocycles. The molecule has 1 atom stereocenters. The average molecular weight is 269 g/mol. The van der Waals surface area contributed by atoms with Crippen molar-refractivity contribution in [1.82, 2.24) is 9.97 Å². The molecule has 20 heavy (non-hydrogen) atoms. The van der Waals surface area contributed by atoms with E-state index >= 15 is 0 Å². The predicted molar refractivity (Wildman–Crippen MR) is 75.0 cm³/mol. The SMILES string of the molecule is O=C(Nc1ccnc(-c2ccccc2)n1)C1CCOC1. The molecular formula is C15H15N3O2. The summed E-state index contributed by atoms with van der Waals surface area (Å²) in [4.78, 5) is 20.6. The maximum Gasteiger partial charge on any atom is 0.231 e. The summed E-state index contributed by atoms with van der Waals surface area (Å²) in [5, 5.41) is 2.82. The number of ether oxygens (including phenoxy) is 1. The Bertz CT molecular complexity index is 595. The van der Waals surface area contributed by atoms with Gasteiger partial charge in [-0.25, -0.2) is 9.97 Å². The summed E-state index contributed by atoms with van der Waals surface area (Å²) < 4.78 is 5.22. The first-order valence-corrected chi connectivity index (χ1v) is 6.60. The van der Waals surface area contributed by atoms with Crippen molar-refractivity contribution in [1.29, 1.82) is 0 Å². The van der Waals surface area contributed by atoms with Crippen LogP contribution in [0.5, 0.6) is 0 Å². The van der Waals surface area contributed by atoms with E-state index in [4.69, 9.17) is 4.74 Å². The Kier molecular flexibility index (Phi) is 3.69. The third-order valence-electron chi connectivity index (χ3n) is 3.24. The van der Waals surface area contributed by atoms with Gasteiger partial charge in [0, 0.05) is 18.4 Å². The van der Waals surface area contributed by atoms with Crippen LogP contribution >= 0.6 is 0 Å². The van der Waals surface area contributed by atoms with Crippen molar-refractivity contribution >= 4 is 11.7 Å². The molecule has 1 aliphatic rings. The Morgan fingerprint density at radius 3 is 2.85 bits per heavy atom. The number of rotatable bonds is 3. The molecule has 1 unspecified atom stereocenters. The monoisotopic (exact) mass is 269 g/mol. The number of carbonyl (C=O) groups excluding carboxylic acids is 1. The molecule has 0 saturated carbocycles. The van der Waals surface area contributed by atoms with E-state index in [-0.39, 0.29) is 11.8 Å². The summed E-state index contributed by atoms with van der Waals surface area (Å²) in [6, 6.07) is 11.4. The van der Waals surface area contributed by atoms with Gasteiger partial charge >= 0.3 is 0 Å². The molecule has 0 spiro atoms. The van der Waals surface area contributed by atoms with E-state index in [0.717, 1.165) is 12.0 Å². The molecular weight excluding hydrogens is 254 g/mol. The highest BCUT2D eigenvalue weighted by Crippen LogP contribution is 2.17. The van der Waals surface area contributed by atoms with E-state index < -0.39 is 0 Å². The maximum absolute atomic E-state index is 12.0. The van der Waals surface area contributed by atoms with Gasteiger partial charge in [0.2, 0.25) is 5.91 Å². The summed E-state index contributed by atoms with van der Waals surface area (Å²) in [7, 11) is 0. The zero-order valence-corrected chi connectivity index (χ0v) is 11.0. The van der Waals surface area contributed by atoms with Crippen LogP contribution < -0.4 is 5.32 Å². The van der Waals surface area contributed by atoms with E-state index in [9.17, 15) is 4.79 Å². The minimum atomic E-state index is -0.0786. The zero-order valence-electron chi connectivity index (χ0n) is 11.0. The van der Waals surface area contributed by atoms with Crippen LogP contribution in [0.2, 0.25) is 0 Å². The van der Waals surface area contributed by atoms with Crippen LogP contribution in [0.25, 0.3) is 11.4 Å². The van der Waals surface area contributed by atoms with E-state index in [2.05, 4.69) is 15.3 Å². The third-order valence-corrected chi connectivity index (χ3v) is 3.24. The van der Waals surface area contributed by atoms with E-state index in [0.29, 0.717) is 24.9 Å². The van der Waals surface area contributed by atoms with Gasteiger partial charge in [0.1, 0.15) is 5.82 Å². The summed E-state index contributed by atoms with van der Waals surface area (Å²) in [5.74, 6) is 1.01. The first kappa shape index (κ1) is 12.7. The number of benzene rings is 1. The van der Waals surface area contributed by atoms with E-state index in [1.165, 1.54) is 0 Å². The number of hydrogen-bond donors (Lipinski definition) is 1. The number of amides is 1. The van der Waals surface area contributed by atoms with E-state index in [1.807, 2.05) is 30.3 Å². The topological polar surface area (TPSA) is 64.1 Å². The standard InChI is InChI=1S/C15H15N3O2/c19-15(12-7-9-20-10-12)18-13-6-8-16-14(17-13)11-4-2-1-3-5-11/h1-6,8,12H,7,9-10H2,(H,16,17,18,19). The van der Waals surface area contributed by atoms with Gasteiger partial charge in [-0.05, 0) is 12.5 Å². The third kappa shape index (κ3) is 2.83. The van der Waals surface area contributed by atoms with Gasteiger partial charge < -0.3 is 10.1 Å². The molecule has 1 fully saturated rings. The van der Waals surface area contributed by atoms with Crippen molar-refractivity contribution in [3.63, 3.8) is 0 Å². The van der Waals surface area contributed by atoms with Crippen molar-refractivity contribution in [3.8, 4) is 11.4 Å². The fraction of sp³-hybridized carbons (Fsp3) is 0.267. The van der Waals surface area contributed by atoms with Crippen molar-refractivity contribution in [2.24, 2.45) is 5.92 Å². The molecule has 1 aliphatic heterocycles. The summed E-state index contributed by atoms with van der Waals surface area (Å²) >= 11 is 0. The molecule has 1 saturated heterocycles. The Labute approximate surface area is 117 Å². The molecule has 1 amide bonds. The van der Waals surface area contributed by atoms with E-state index in [1.54, 1.807) is 12.3 Å². The lowest BCUT2D eigenvalue weighted by Gasteiger charge is -2.09. The molecule has 0 bridgehead atoms. The lowest BCUT2D eigenvalue weighted by Crippen LogP contribution is -2.23. The van der Waals surface area contributed by atoms with Gasteiger partial charge in [0.05, 0.1) is 12.5 Å². The Balaban J connectivity index is 1.76. The van der Waals surface area contributed by atoms with Crippen LogP contribution in [0.3, 0.4) is 0 Å². The van der Waals surface area contributed by atoms with Crippen molar-refractivity contribution in [3.05, 3.63) is 42.6 Å². The second kappa shape index (κ2) is 5.79. The second-order valence-corrected chi connectivity index (χ2v) is 4.68. The first-order chi connectivity index (χ1) is 9.83. The number of anilines is 1. The number of nitrogens with zero attached hydrogens (tertiary/aromatic N) is 2. The van der Waals surface area contributed by atoms with Gasteiger partial charge in [-0.3, -0.25) is 4.79 Å². The molecule has 1 aromatic heterocycles. The molecule has 0 aliphatic carbocycles. The quantitative estimate of drug-likeness (QED) is 0.927. The van der Waals surface area contributed by atoms with Gasteiger partial charge in [0.25, 0.3) is 0 Å². The van der Waals surface area contributed by atoms with Crippen molar-refractivity contribution in [2.75, 3.05) is 18.5 Å². The smallest absolute Gasteiger partial charge is 0.231 e. The van der Waals surface area contributed by atoms with Gasteiger partial charge in [-0.2, -0.15) is 0 Å². The van der Waals surface area contributed by atoms with Crippen LogP contribution in [0.4, 0.5) is 5.82 Å². The molecule has 102 valence electrons. The molecule has 2 heterocycles. The fourth-order valence-corrected chi connectivity index (χ4v) is 2.12. The molecule has 5 heteroatoms. The van der Waals surface area contributed by atoms with Gasteiger partial charge in [-0.15, -0.1) is 0 Å². The maximum atomic E-state index is 12.0. The molecule has 5 nitrogen and oxygen atoms in total. The number of hydrogen-bond acceptors (Lipinski definition) is 4. The highest BCUT2D eigenvalue weighted by atomic mass is 16.5. The molecule has 2 aromatic rings. The highest BCUT2D eigenvalue weighted by Gasteiger charge is 2.23. The number of nitrogens with one attached hydrogen (secondary N) is 1. The Morgan fingerprint density at radius 2 is 2.10 bits per heavy atom. The second-order valence-electron chi connectivity index (χ2n) is 4.68. The van der Waals surface area contributed by atoms with Crippen LogP contribution in [-0.4, -0.2) is 29.1 Å². The summed E-state index contributed by atoms with van der Waals surface area (Å²) in [6.07, 6.45) is 2.42. The normalized spacial score (nSPS) is 17.9. The predicted octanol–water partition coefficient (Wildman–Crippen LogP) is 2.12. The van der Waals surface area contributed by atoms with Gasteiger partial charge in [0.15, 0.2) is 5.82 Å². The van der Waals surface area contributed by atoms with Crippen molar-refractivity contribution < 1.29 is 9.53 Å². The number of aromatic nitrogens is 2. The largest absolute Gasteiger partial charge is 0.381 e. The summed E-state index contributed by atoms with van der Waals surface area (Å²) in [6.45, 7) is 1.14. The van der Waals surface area contributed by atoms with Crippen LogP contribution in [-0.2, 0) is 9.53 Å². The molecule has 3 rings (SSSR count). The van der Waals surface area contributed by atoms with Crippen LogP contribution in [0, 0.1) is 5.92 Å². The first-order valence-electron chi connectivity index (χ1n) is 6.60. The Morgan fingerprint density at radius 1 is 1.25 bits per heavy atom. The Hall–Kier alpha value is -2.27. The molecule has 0 radical (unpaired) electrons. The molecule has 1 N–H and O–H groups in total. The van der Waals surface area contributed by atoms with Crippen LogP contribution in [0.15, 0.2) is 42.6 Å². The highest BCUT2D eigenvalue weighted by molar-refractivity contribution is 5.92. The number of carbonyl (C=O) groups is 1. The summed E-state index contributed by atoms with van der Waals surface area (Å²) in [5.41, 5.74) is 0.924. The lowest BCUT2D eigenvalue weighted by atomic mass is 10.1. The van der Waals surface area contributed by atoms with Crippen LogP contribution in [0.1, 0.15) is 6.42 Å². The fourth-order valence-electron chi connectivity index (χ4n) is 2.12. The zero-order chi connectivity index (χ0) is 13.8. The minimum absolute atomic E-state index is 0.0415. The minimum Gasteiger partial charge on any atom is -0.381 e.